The third kappa shape index (κ3) is 2.96. The molecule has 0 N–H and O–H groups in total. The summed E-state index contributed by atoms with van der Waals surface area (Å²) in [5.74, 6) is 0.217. The number of likely N-dealkylation sites (tertiary alicyclic amines) is 1. The standard InChI is InChI=1S/C13H16FNO2/c1-10(13(16)15-8-2-3-9-15)17-12-6-4-11(14)5-7-12/h4-7,10H,2-3,8-9H2,1H3/t10-/m1/s1. The molecule has 1 saturated heterocycles. The van der Waals surface area contributed by atoms with Crippen molar-refractivity contribution < 1.29 is 13.9 Å². The normalized spacial score (nSPS) is 16.9. The molecule has 1 atom stereocenters. The summed E-state index contributed by atoms with van der Waals surface area (Å²) in [6, 6.07) is 5.71. The highest BCUT2D eigenvalue weighted by Crippen LogP contribution is 2.15. The zero-order valence-corrected chi connectivity index (χ0v) is 9.86. The molecular formula is C13H16FNO2. The quantitative estimate of drug-likeness (QED) is 0.806. The van der Waals surface area contributed by atoms with Crippen LogP contribution in [0, 0.1) is 5.82 Å². The van der Waals surface area contributed by atoms with Crippen LogP contribution in [0.1, 0.15) is 19.8 Å². The molecule has 0 bridgehead atoms. The van der Waals surface area contributed by atoms with Gasteiger partial charge in [0.15, 0.2) is 6.10 Å². The van der Waals surface area contributed by atoms with Gasteiger partial charge >= 0.3 is 0 Å². The van der Waals surface area contributed by atoms with Gasteiger partial charge in [0.25, 0.3) is 5.91 Å². The Morgan fingerprint density at radius 1 is 1.29 bits per heavy atom. The second kappa shape index (κ2) is 5.17. The van der Waals surface area contributed by atoms with Gasteiger partial charge in [0.1, 0.15) is 11.6 Å². The number of halogens is 1. The van der Waals surface area contributed by atoms with E-state index in [1.807, 2.05) is 4.90 Å². The lowest BCUT2D eigenvalue weighted by Crippen LogP contribution is -2.38. The molecule has 1 fully saturated rings. The average Bonchev–Trinajstić information content (AvgIpc) is 2.84. The molecule has 1 aromatic rings. The van der Waals surface area contributed by atoms with Crippen LogP contribution >= 0.6 is 0 Å². The summed E-state index contributed by atoms with van der Waals surface area (Å²) in [6.07, 6.45) is 1.61. The van der Waals surface area contributed by atoms with E-state index in [-0.39, 0.29) is 11.7 Å². The number of carbonyl (C=O) groups excluding carboxylic acids is 1. The summed E-state index contributed by atoms with van der Waals surface area (Å²) < 4.78 is 18.2. The van der Waals surface area contributed by atoms with Crippen molar-refractivity contribution in [3.8, 4) is 5.75 Å². The number of benzene rings is 1. The van der Waals surface area contributed by atoms with E-state index in [4.69, 9.17) is 4.74 Å². The number of hydrogen-bond donors (Lipinski definition) is 0. The highest BCUT2D eigenvalue weighted by molar-refractivity contribution is 5.81. The lowest BCUT2D eigenvalue weighted by molar-refractivity contribution is -0.136. The minimum atomic E-state index is -0.515. The van der Waals surface area contributed by atoms with Gasteiger partial charge in [0.2, 0.25) is 0 Å². The maximum Gasteiger partial charge on any atom is 0.263 e. The van der Waals surface area contributed by atoms with Crippen LogP contribution in [0.5, 0.6) is 5.75 Å². The van der Waals surface area contributed by atoms with E-state index in [0.29, 0.717) is 5.75 Å². The third-order valence-corrected chi connectivity index (χ3v) is 2.89. The van der Waals surface area contributed by atoms with Crippen LogP contribution in [-0.4, -0.2) is 30.0 Å². The molecule has 1 amide bonds. The van der Waals surface area contributed by atoms with Crippen LogP contribution in [0.2, 0.25) is 0 Å². The first-order chi connectivity index (χ1) is 8.16. The van der Waals surface area contributed by atoms with Crippen molar-refractivity contribution in [1.29, 1.82) is 0 Å². The molecule has 3 nitrogen and oxygen atoms in total. The molecule has 4 heteroatoms. The van der Waals surface area contributed by atoms with Crippen LogP contribution in [0.15, 0.2) is 24.3 Å². The Balaban J connectivity index is 1.93. The van der Waals surface area contributed by atoms with Gasteiger partial charge in [-0.05, 0) is 44.0 Å². The van der Waals surface area contributed by atoms with E-state index in [1.165, 1.54) is 24.3 Å². The summed E-state index contributed by atoms with van der Waals surface area (Å²) in [5.41, 5.74) is 0. The fraction of sp³-hybridized carbons (Fsp3) is 0.462. The summed E-state index contributed by atoms with van der Waals surface area (Å²) in [7, 11) is 0. The lowest BCUT2D eigenvalue weighted by Gasteiger charge is -2.21. The van der Waals surface area contributed by atoms with Gasteiger partial charge in [-0.2, -0.15) is 0 Å². The number of hydrogen-bond acceptors (Lipinski definition) is 2. The summed E-state index contributed by atoms with van der Waals surface area (Å²) in [5, 5.41) is 0. The molecule has 1 aliphatic heterocycles. The van der Waals surface area contributed by atoms with Crippen molar-refractivity contribution in [2.45, 2.75) is 25.9 Å². The van der Waals surface area contributed by atoms with E-state index in [0.717, 1.165) is 25.9 Å². The molecule has 2 rings (SSSR count). The zero-order chi connectivity index (χ0) is 12.3. The van der Waals surface area contributed by atoms with E-state index >= 15 is 0 Å². The lowest BCUT2D eigenvalue weighted by atomic mass is 10.3. The number of carbonyl (C=O) groups is 1. The first-order valence-corrected chi connectivity index (χ1v) is 5.88. The summed E-state index contributed by atoms with van der Waals surface area (Å²) in [4.78, 5) is 13.8. The molecule has 0 saturated carbocycles. The fourth-order valence-corrected chi connectivity index (χ4v) is 1.96. The van der Waals surface area contributed by atoms with Gasteiger partial charge in [0, 0.05) is 13.1 Å². The van der Waals surface area contributed by atoms with Crippen molar-refractivity contribution in [2.75, 3.05) is 13.1 Å². The minimum Gasteiger partial charge on any atom is -0.481 e. The molecule has 0 spiro atoms. The fourth-order valence-electron chi connectivity index (χ4n) is 1.96. The maximum atomic E-state index is 12.7. The molecule has 0 radical (unpaired) electrons. The molecule has 0 aliphatic carbocycles. The Morgan fingerprint density at radius 2 is 1.88 bits per heavy atom. The van der Waals surface area contributed by atoms with Gasteiger partial charge in [0.05, 0.1) is 0 Å². The zero-order valence-electron chi connectivity index (χ0n) is 9.86. The predicted molar refractivity (Wildman–Crippen MR) is 62.3 cm³/mol. The number of rotatable bonds is 3. The van der Waals surface area contributed by atoms with Gasteiger partial charge < -0.3 is 9.64 Å². The molecule has 0 unspecified atom stereocenters. The minimum absolute atomic E-state index is 0.00632. The Morgan fingerprint density at radius 3 is 2.47 bits per heavy atom. The first-order valence-electron chi connectivity index (χ1n) is 5.88. The van der Waals surface area contributed by atoms with Gasteiger partial charge in [-0.25, -0.2) is 4.39 Å². The summed E-state index contributed by atoms with van der Waals surface area (Å²) in [6.45, 7) is 3.36. The number of amides is 1. The first kappa shape index (κ1) is 11.9. The monoisotopic (exact) mass is 237 g/mol. The van der Waals surface area contributed by atoms with Crippen LogP contribution in [0.25, 0.3) is 0 Å². The topological polar surface area (TPSA) is 29.5 Å². The Hall–Kier alpha value is -1.58. The maximum absolute atomic E-state index is 12.7. The van der Waals surface area contributed by atoms with E-state index < -0.39 is 6.10 Å². The van der Waals surface area contributed by atoms with Crippen LogP contribution in [0.3, 0.4) is 0 Å². The highest BCUT2D eigenvalue weighted by Gasteiger charge is 2.24. The molecular weight excluding hydrogens is 221 g/mol. The second-order valence-electron chi connectivity index (χ2n) is 4.25. The van der Waals surface area contributed by atoms with E-state index in [1.54, 1.807) is 6.92 Å². The number of ether oxygens (including phenoxy) is 1. The van der Waals surface area contributed by atoms with Crippen LogP contribution in [0.4, 0.5) is 4.39 Å². The molecule has 1 aromatic carbocycles. The highest BCUT2D eigenvalue weighted by atomic mass is 19.1. The Labute approximate surface area is 100 Å². The molecule has 0 aromatic heterocycles. The van der Waals surface area contributed by atoms with Gasteiger partial charge in [-0.3, -0.25) is 4.79 Å². The van der Waals surface area contributed by atoms with Crippen molar-refractivity contribution >= 4 is 5.91 Å². The smallest absolute Gasteiger partial charge is 0.263 e. The van der Waals surface area contributed by atoms with Crippen LogP contribution < -0.4 is 4.74 Å². The Kier molecular flexibility index (Phi) is 3.61. The van der Waals surface area contributed by atoms with E-state index in [2.05, 4.69) is 0 Å². The molecule has 92 valence electrons. The van der Waals surface area contributed by atoms with Crippen LogP contribution in [-0.2, 0) is 4.79 Å². The molecule has 17 heavy (non-hydrogen) atoms. The Bertz CT molecular complexity index is 385. The van der Waals surface area contributed by atoms with Crippen molar-refractivity contribution in [1.82, 2.24) is 4.90 Å². The van der Waals surface area contributed by atoms with Crippen molar-refractivity contribution in [3.05, 3.63) is 30.1 Å². The van der Waals surface area contributed by atoms with Gasteiger partial charge in [-0.1, -0.05) is 0 Å². The van der Waals surface area contributed by atoms with E-state index in [9.17, 15) is 9.18 Å². The third-order valence-electron chi connectivity index (χ3n) is 2.89. The molecule has 1 heterocycles. The SMILES string of the molecule is C[C@@H](Oc1ccc(F)cc1)C(=O)N1CCCC1. The average molecular weight is 237 g/mol. The van der Waals surface area contributed by atoms with Gasteiger partial charge in [-0.15, -0.1) is 0 Å². The summed E-state index contributed by atoms with van der Waals surface area (Å²) >= 11 is 0. The number of nitrogens with zero attached hydrogens (tertiary/aromatic N) is 1. The second-order valence-corrected chi connectivity index (χ2v) is 4.25. The largest absolute Gasteiger partial charge is 0.481 e. The van der Waals surface area contributed by atoms with Crippen molar-refractivity contribution in [3.63, 3.8) is 0 Å². The molecule has 1 aliphatic rings. The predicted octanol–water partition coefficient (Wildman–Crippen LogP) is 2.22. The van der Waals surface area contributed by atoms with Crippen molar-refractivity contribution in [2.24, 2.45) is 0 Å².